The number of benzene rings is 1. The molecular formula is C14H20N2. The number of nitrogens with zero attached hydrogens (tertiary/aromatic N) is 1. The highest BCUT2D eigenvalue weighted by atomic mass is 14.9. The van der Waals surface area contributed by atoms with Crippen molar-refractivity contribution >= 4 is 11.5 Å². The van der Waals surface area contributed by atoms with Crippen molar-refractivity contribution in [2.24, 2.45) is 16.6 Å². The van der Waals surface area contributed by atoms with E-state index in [2.05, 4.69) is 44.0 Å². The van der Waals surface area contributed by atoms with Crippen molar-refractivity contribution < 1.29 is 0 Å². The maximum Gasteiger partial charge on any atom is 0.103 e. The lowest BCUT2D eigenvalue weighted by molar-refractivity contribution is 0.591. The van der Waals surface area contributed by atoms with Crippen LogP contribution in [-0.2, 0) is 5.41 Å². The standard InChI is InChI=1S/C14H20N2/c1-14(2,3)11-6-4-5-7-12(11)16-13(15)10-8-9-10/h4-7,10H,8-9H2,1-3H3,(H2,15,16). The summed E-state index contributed by atoms with van der Waals surface area (Å²) in [5.41, 5.74) is 8.38. The van der Waals surface area contributed by atoms with E-state index < -0.39 is 0 Å². The molecule has 1 aromatic carbocycles. The fourth-order valence-corrected chi connectivity index (χ4v) is 1.81. The van der Waals surface area contributed by atoms with Gasteiger partial charge in [0.05, 0.1) is 5.69 Å². The molecule has 86 valence electrons. The van der Waals surface area contributed by atoms with Gasteiger partial charge in [-0.2, -0.15) is 0 Å². The van der Waals surface area contributed by atoms with Gasteiger partial charge in [0.25, 0.3) is 0 Å². The van der Waals surface area contributed by atoms with Crippen molar-refractivity contribution in [3.63, 3.8) is 0 Å². The Hall–Kier alpha value is -1.31. The van der Waals surface area contributed by atoms with E-state index in [1.54, 1.807) is 0 Å². The minimum absolute atomic E-state index is 0.115. The van der Waals surface area contributed by atoms with Crippen LogP contribution in [0.25, 0.3) is 0 Å². The predicted octanol–water partition coefficient (Wildman–Crippen LogP) is 3.38. The number of para-hydroxylation sites is 1. The molecule has 1 fully saturated rings. The predicted molar refractivity (Wildman–Crippen MR) is 69.1 cm³/mol. The first-order valence-corrected chi connectivity index (χ1v) is 5.92. The van der Waals surface area contributed by atoms with Crippen LogP contribution in [0, 0.1) is 5.92 Å². The number of amidine groups is 1. The molecule has 16 heavy (non-hydrogen) atoms. The summed E-state index contributed by atoms with van der Waals surface area (Å²) in [7, 11) is 0. The summed E-state index contributed by atoms with van der Waals surface area (Å²) in [6, 6.07) is 8.27. The van der Waals surface area contributed by atoms with Crippen LogP contribution in [0.1, 0.15) is 39.2 Å². The van der Waals surface area contributed by atoms with Crippen LogP contribution in [0.2, 0.25) is 0 Å². The van der Waals surface area contributed by atoms with Crippen molar-refractivity contribution in [3.05, 3.63) is 29.8 Å². The topological polar surface area (TPSA) is 38.4 Å². The second kappa shape index (κ2) is 3.93. The average molecular weight is 216 g/mol. The van der Waals surface area contributed by atoms with Gasteiger partial charge in [0.1, 0.15) is 5.84 Å². The molecule has 1 aliphatic rings. The summed E-state index contributed by atoms with van der Waals surface area (Å²) in [6.45, 7) is 6.61. The summed E-state index contributed by atoms with van der Waals surface area (Å²) in [5, 5.41) is 0. The molecular weight excluding hydrogens is 196 g/mol. The first-order valence-electron chi connectivity index (χ1n) is 5.92. The number of nitrogens with two attached hydrogens (primary N) is 1. The Balaban J connectivity index is 2.36. The Kier molecular flexibility index (Phi) is 2.75. The van der Waals surface area contributed by atoms with Crippen LogP contribution in [0.4, 0.5) is 5.69 Å². The quantitative estimate of drug-likeness (QED) is 0.597. The zero-order valence-corrected chi connectivity index (χ0v) is 10.3. The van der Waals surface area contributed by atoms with E-state index in [1.807, 2.05) is 6.07 Å². The summed E-state index contributed by atoms with van der Waals surface area (Å²) in [5.74, 6) is 1.34. The van der Waals surface area contributed by atoms with Gasteiger partial charge in [0, 0.05) is 5.92 Å². The maximum absolute atomic E-state index is 5.97. The molecule has 1 aromatic rings. The van der Waals surface area contributed by atoms with Gasteiger partial charge in [0.15, 0.2) is 0 Å². The summed E-state index contributed by atoms with van der Waals surface area (Å²) >= 11 is 0. The third-order valence-corrected chi connectivity index (χ3v) is 2.96. The molecule has 2 nitrogen and oxygen atoms in total. The van der Waals surface area contributed by atoms with E-state index in [-0.39, 0.29) is 5.41 Å². The molecule has 0 aliphatic heterocycles. The lowest BCUT2D eigenvalue weighted by Crippen LogP contribution is -2.15. The third kappa shape index (κ3) is 2.43. The van der Waals surface area contributed by atoms with E-state index in [1.165, 1.54) is 18.4 Å². The van der Waals surface area contributed by atoms with Crippen LogP contribution in [0.5, 0.6) is 0 Å². The van der Waals surface area contributed by atoms with Crippen LogP contribution < -0.4 is 5.73 Å². The molecule has 0 radical (unpaired) electrons. The van der Waals surface area contributed by atoms with Crippen LogP contribution in [0.3, 0.4) is 0 Å². The molecule has 0 amide bonds. The van der Waals surface area contributed by atoms with Gasteiger partial charge >= 0.3 is 0 Å². The zero-order chi connectivity index (χ0) is 11.8. The minimum Gasteiger partial charge on any atom is -0.387 e. The van der Waals surface area contributed by atoms with Gasteiger partial charge in [0.2, 0.25) is 0 Å². The molecule has 1 aliphatic carbocycles. The Morgan fingerprint density at radius 3 is 2.44 bits per heavy atom. The van der Waals surface area contributed by atoms with E-state index in [0.29, 0.717) is 5.92 Å². The van der Waals surface area contributed by atoms with Gasteiger partial charge in [-0.3, -0.25) is 0 Å². The first-order chi connectivity index (χ1) is 7.48. The third-order valence-electron chi connectivity index (χ3n) is 2.96. The fraction of sp³-hybridized carbons (Fsp3) is 0.500. The molecule has 2 N–H and O–H groups in total. The lowest BCUT2D eigenvalue weighted by Gasteiger charge is -2.21. The first kappa shape index (κ1) is 11.2. The monoisotopic (exact) mass is 216 g/mol. The number of hydrogen-bond donors (Lipinski definition) is 1. The molecule has 0 bridgehead atoms. The smallest absolute Gasteiger partial charge is 0.103 e. The lowest BCUT2D eigenvalue weighted by atomic mass is 9.86. The highest BCUT2D eigenvalue weighted by Crippen LogP contribution is 2.34. The Bertz CT molecular complexity index is 409. The van der Waals surface area contributed by atoms with E-state index in [4.69, 9.17) is 5.73 Å². The minimum atomic E-state index is 0.115. The fourth-order valence-electron chi connectivity index (χ4n) is 1.81. The molecule has 2 heteroatoms. The molecule has 0 saturated heterocycles. The Morgan fingerprint density at radius 2 is 1.88 bits per heavy atom. The van der Waals surface area contributed by atoms with Crippen LogP contribution >= 0.6 is 0 Å². The van der Waals surface area contributed by atoms with E-state index >= 15 is 0 Å². The average Bonchev–Trinajstić information content (AvgIpc) is 2.99. The number of rotatable bonds is 2. The van der Waals surface area contributed by atoms with Crippen LogP contribution in [-0.4, -0.2) is 5.84 Å². The Labute approximate surface area is 97.6 Å². The SMILES string of the molecule is CC(C)(C)c1ccccc1N=C(N)C1CC1. The van der Waals surface area contributed by atoms with Crippen LogP contribution in [0.15, 0.2) is 29.3 Å². The molecule has 0 aromatic heterocycles. The number of hydrogen-bond acceptors (Lipinski definition) is 1. The van der Waals surface area contributed by atoms with Gasteiger partial charge in [-0.15, -0.1) is 0 Å². The summed E-state index contributed by atoms with van der Waals surface area (Å²) in [4.78, 5) is 4.58. The maximum atomic E-state index is 5.97. The highest BCUT2D eigenvalue weighted by Gasteiger charge is 2.26. The second-order valence-electron chi connectivity index (χ2n) is 5.58. The van der Waals surface area contributed by atoms with Crippen molar-refractivity contribution in [2.75, 3.05) is 0 Å². The van der Waals surface area contributed by atoms with Crippen molar-refractivity contribution in [3.8, 4) is 0 Å². The van der Waals surface area contributed by atoms with Gasteiger partial charge in [-0.25, -0.2) is 4.99 Å². The van der Waals surface area contributed by atoms with Gasteiger partial charge in [-0.05, 0) is 29.9 Å². The second-order valence-corrected chi connectivity index (χ2v) is 5.58. The molecule has 0 heterocycles. The molecule has 0 atom stereocenters. The Morgan fingerprint density at radius 1 is 1.25 bits per heavy atom. The van der Waals surface area contributed by atoms with Gasteiger partial charge in [-0.1, -0.05) is 39.0 Å². The van der Waals surface area contributed by atoms with Gasteiger partial charge < -0.3 is 5.73 Å². The van der Waals surface area contributed by atoms with E-state index in [0.717, 1.165) is 11.5 Å². The van der Waals surface area contributed by atoms with E-state index in [9.17, 15) is 0 Å². The van der Waals surface area contributed by atoms with Crippen molar-refractivity contribution in [2.45, 2.75) is 39.0 Å². The molecule has 0 spiro atoms. The van der Waals surface area contributed by atoms with Crippen molar-refractivity contribution in [1.82, 2.24) is 0 Å². The largest absolute Gasteiger partial charge is 0.387 e. The highest BCUT2D eigenvalue weighted by molar-refractivity contribution is 5.87. The summed E-state index contributed by atoms with van der Waals surface area (Å²) in [6.07, 6.45) is 2.40. The number of aliphatic imine (C=N–C) groups is 1. The molecule has 2 rings (SSSR count). The molecule has 1 saturated carbocycles. The molecule has 0 unspecified atom stereocenters. The normalized spacial score (nSPS) is 17.6. The summed E-state index contributed by atoms with van der Waals surface area (Å²) < 4.78 is 0. The van der Waals surface area contributed by atoms with Crippen molar-refractivity contribution in [1.29, 1.82) is 0 Å². The zero-order valence-electron chi connectivity index (χ0n) is 10.3.